The molecule has 1 atom stereocenters. The standard InChI is InChI=1S/C17H20N6O/c1-12(16-21-20-15-8-3-2-5-10-23(15)16)18-17(24)13-11-22-9-6-4-7-14(22)19-13/h4,6-7,9,11-12H,2-3,5,8,10H2,1H3,(H,18,24)/t12-/m1/s1. The first-order valence-electron chi connectivity index (χ1n) is 8.39. The second-order valence-corrected chi connectivity index (χ2v) is 6.22. The first-order valence-corrected chi connectivity index (χ1v) is 8.39. The van der Waals surface area contributed by atoms with Gasteiger partial charge >= 0.3 is 0 Å². The highest BCUT2D eigenvalue weighted by atomic mass is 16.2. The van der Waals surface area contributed by atoms with Gasteiger partial charge in [-0.3, -0.25) is 4.79 Å². The van der Waals surface area contributed by atoms with Crippen molar-refractivity contribution >= 4 is 11.6 Å². The summed E-state index contributed by atoms with van der Waals surface area (Å²) >= 11 is 0. The van der Waals surface area contributed by atoms with Crippen LogP contribution in [0.5, 0.6) is 0 Å². The first-order chi connectivity index (χ1) is 11.7. The molecule has 4 rings (SSSR count). The molecule has 4 heterocycles. The molecular weight excluding hydrogens is 304 g/mol. The van der Waals surface area contributed by atoms with Crippen molar-refractivity contribution in [1.82, 2.24) is 29.5 Å². The van der Waals surface area contributed by atoms with E-state index in [1.165, 1.54) is 6.42 Å². The third kappa shape index (κ3) is 2.66. The normalized spacial score (nSPS) is 15.7. The lowest BCUT2D eigenvalue weighted by atomic mass is 10.2. The minimum absolute atomic E-state index is 0.197. The molecular formula is C17H20N6O. The highest BCUT2D eigenvalue weighted by Gasteiger charge is 2.21. The van der Waals surface area contributed by atoms with Gasteiger partial charge in [0, 0.05) is 25.4 Å². The first kappa shape index (κ1) is 14.9. The van der Waals surface area contributed by atoms with Gasteiger partial charge in [-0.2, -0.15) is 0 Å². The fourth-order valence-corrected chi connectivity index (χ4v) is 3.21. The molecule has 7 heteroatoms. The summed E-state index contributed by atoms with van der Waals surface area (Å²) in [5, 5.41) is 11.6. The molecule has 1 aliphatic rings. The lowest BCUT2D eigenvalue weighted by Gasteiger charge is -2.14. The molecule has 0 fully saturated rings. The van der Waals surface area contributed by atoms with Crippen molar-refractivity contribution in [3.63, 3.8) is 0 Å². The zero-order chi connectivity index (χ0) is 16.5. The summed E-state index contributed by atoms with van der Waals surface area (Å²) in [6, 6.07) is 5.47. The van der Waals surface area contributed by atoms with E-state index in [4.69, 9.17) is 0 Å². The monoisotopic (exact) mass is 324 g/mol. The van der Waals surface area contributed by atoms with Crippen LogP contribution in [0.2, 0.25) is 0 Å². The maximum atomic E-state index is 12.5. The van der Waals surface area contributed by atoms with Crippen molar-refractivity contribution in [2.75, 3.05) is 0 Å². The Morgan fingerprint density at radius 3 is 3.04 bits per heavy atom. The Morgan fingerprint density at radius 1 is 1.25 bits per heavy atom. The van der Waals surface area contributed by atoms with Gasteiger partial charge in [0.2, 0.25) is 0 Å². The topological polar surface area (TPSA) is 77.1 Å². The van der Waals surface area contributed by atoms with Crippen LogP contribution in [-0.2, 0) is 13.0 Å². The molecule has 3 aromatic heterocycles. The number of rotatable bonds is 3. The van der Waals surface area contributed by atoms with Crippen LogP contribution < -0.4 is 5.32 Å². The molecule has 0 spiro atoms. The van der Waals surface area contributed by atoms with Gasteiger partial charge in [0.25, 0.3) is 5.91 Å². The van der Waals surface area contributed by atoms with E-state index in [2.05, 4.69) is 25.1 Å². The Kier molecular flexibility index (Phi) is 3.76. The Balaban J connectivity index is 1.54. The summed E-state index contributed by atoms with van der Waals surface area (Å²) in [7, 11) is 0. The summed E-state index contributed by atoms with van der Waals surface area (Å²) in [5.74, 6) is 1.65. The molecule has 0 aliphatic carbocycles. The van der Waals surface area contributed by atoms with Crippen LogP contribution in [0.25, 0.3) is 5.65 Å². The zero-order valence-electron chi connectivity index (χ0n) is 13.6. The maximum absolute atomic E-state index is 12.5. The molecule has 0 radical (unpaired) electrons. The molecule has 24 heavy (non-hydrogen) atoms. The number of pyridine rings is 1. The van der Waals surface area contributed by atoms with Crippen LogP contribution in [0.15, 0.2) is 30.6 Å². The summed E-state index contributed by atoms with van der Waals surface area (Å²) < 4.78 is 3.99. The van der Waals surface area contributed by atoms with Gasteiger partial charge in [-0.15, -0.1) is 10.2 Å². The summed E-state index contributed by atoms with van der Waals surface area (Å²) in [4.78, 5) is 16.9. The molecule has 3 aromatic rings. The Bertz CT molecular complexity index is 847. The minimum atomic E-state index is -0.207. The van der Waals surface area contributed by atoms with Crippen molar-refractivity contribution in [3.8, 4) is 0 Å². The predicted molar refractivity (Wildman–Crippen MR) is 88.7 cm³/mol. The average molecular weight is 324 g/mol. The van der Waals surface area contributed by atoms with Gasteiger partial charge in [-0.25, -0.2) is 4.98 Å². The second kappa shape index (κ2) is 6.07. The van der Waals surface area contributed by atoms with Gasteiger partial charge in [-0.05, 0) is 31.9 Å². The number of aryl methyl sites for hydroxylation is 1. The van der Waals surface area contributed by atoms with E-state index in [1.54, 1.807) is 6.20 Å². The van der Waals surface area contributed by atoms with Crippen LogP contribution in [0.1, 0.15) is 54.4 Å². The van der Waals surface area contributed by atoms with Crippen molar-refractivity contribution < 1.29 is 4.79 Å². The van der Waals surface area contributed by atoms with Gasteiger partial charge in [0.15, 0.2) is 5.82 Å². The minimum Gasteiger partial charge on any atom is -0.341 e. The third-order valence-electron chi connectivity index (χ3n) is 4.47. The van der Waals surface area contributed by atoms with E-state index in [0.29, 0.717) is 5.69 Å². The lowest BCUT2D eigenvalue weighted by Crippen LogP contribution is -2.29. The van der Waals surface area contributed by atoms with E-state index in [-0.39, 0.29) is 11.9 Å². The Hall–Kier alpha value is -2.70. The van der Waals surface area contributed by atoms with Crippen molar-refractivity contribution in [2.45, 2.75) is 45.2 Å². The molecule has 0 unspecified atom stereocenters. The van der Waals surface area contributed by atoms with E-state index >= 15 is 0 Å². The fourth-order valence-electron chi connectivity index (χ4n) is 3.21. The maximum Gasteiger partial charge on any atom is 0.272 e. The fraction of sp³-hybridized carbons (Fsp3) is 0.412. The third-order valence-corrected chi connectivity index (χ3v) is 4.47. The number of hydrogen-bond donors (Lipinski definition) is 1. The molecule has 7 nitrogen and oxygen atoms in total. The number of nitrogens with zero attached hydrogens (tertiary/aromatic N) is 5. The number of imidazole rings is 1. The average Bonchev–Trinajstić information content (AvgIpc) is 3.12. The number of hydrogen-bond acceptors (Lipinski definition) is 4. The van der Waals surface area contributed by atoms with Crippen molar-refractivity contribution in [2.24, 2.45) is 0 Å². The number of fused-ring (bicyclic) bond motifs is 2. The number of carbonyl (C=O) groups is 1. The number of amides is 1. The predicted octanol–water partition coefficient (Wildman–Crippen LogP) is 2.14. The van der Waals surface area contributed by atoms with Gasteiger partial charge in [0.1, 0.15) is 17.2 Å². The zero-order valence-corrected chi connectivity index (χ0v) is 13.6. The van der Waals surface area contributed by atoms with Gasteiger partial charge in [-0.1, -0.05) is 12.5 Å². The van der Waals surface area contributed by atoms with Crippen molar-refractivity contribution in [1.29, 1.82) is 0 Å². The van der Waals surface area contributed by atoms with E-state index in [1.807, 2.05) is 35.7 Å². The molecule has 1 amide bonds. The Morgan fingerprint density at radius 2 is 2.17 bits per heavy atom. The smallest absolute Gasteiger partial charge is 0.272 e. The molecule has 0 bridgehead atoms. The molecule has 0 saturated carbocycles. The van der Waals surface area contributed by atoms with E-state index in [9.17, 15) is 4.79 Å². The van der Waals surface area contributed by atoms with Crippen LogP contribution in [-0.4, -0.2) is 30.1 Å². The highest BCUT2D eigenvalue weighted by Crippen LogP contribution is 2.19. The Labute approximate surface area is 139 Å². The quantitative estimate of drug-likeness (QED) is 0.801. The molecule has 0 saturated heterocycles. The summed E-state index contributed by atoms with van der Waals surface area (Å²) in [6.45, 7) is 2.86. The highest BCUT2D eigenvalue weighted by molar-refractivity contribution is 5.93. The molecule has 1 N–H and O–H groups in total. The van der Waals surface area contributed by atoms with E-state index in [0.717, 1.165) is 43.1 Å². The van der Waals surface area contributed by atoms with Crippen LogP contribution in [0.4, 0.5) is 0 Å². The number of carbonyl (C=O) groups excluding carboxylic acids is 1. The summed E-state index contributed by atoms with van der Waals surface area (Å²) in [5.41, 5.74) is 1.16. The number of nitrogens with one attached hydrogen (secondary N) is 1. The van der Waals surface area contributed by atoms with Crippen LogP contribution >= 0.6 is 0 Å². The number of aromatic nitrogens is 5. The van der Waals surface area contributed by atoms with Crippen LogP contribution in [0, 0.1) is 0 Å². The van der Waals surface area contributed by atoms with Crippen LogP contribution in [0.3, 0.4) is 0 Å². The largest absolute Gasteiger partial charge is 0.341 e. The second-order valence-electron chi connectivity index (χ2n) is 6.22. The van der Waals surface area contributed by atoms with Gasteiger partial charge < -0.3 is 14.3 Å². The van der Waals surface area contributed by atoms with Gasteiger partial charge in [0.05, 0.1) is 6.04 Å². The van der Waals surface area contributed by atoms with Crippen molar-refractivity contribution in [3.05, 3.63) is 47.9 Å². The molecule has 1 aliphatic heterocycles. The molecule has 124 valence electrons. The summed E-state index contributed by atoms with van der Waals surface area (Å²) in [6.07, 6.45) is 8.07. The molecule has 0 aromatic carbocycles. The van der Waals surface area contributed by atoms with E-state index < -0.39 is 0 Å². The SMILES string of the molecule is C[C@@H](NC(=O)c1cn2ccccc2n1)c1nnc2n1CCCCC2. The lowest BCUT2D eigenvalue weighted by molar-refractivity contribution is 0.0933.